The molecule has 0 aromatic heterocycles. The Morgan fingerprint density at radius 3 is 1.67 bits per heavy atom. The Hall–Kier alpha value is -1.77. The van der Waals surface area contributed by atoms with Gasteiger partial charge in [-0.25, -0.2) is 0 Å². The SMILES string of the molecule is NC(c1ccccc1)c1ccccc1.O=S(=O)(O)N1CCOCC1. The van der Waals surface area contributed by atoms with Crippen molar-refractivity contribution < 1.29 is 17.7 Å². The standard InChI is InChI=1S/C13H13N.C4H9NO4S/c14-13(11-7-3-1-4-8-11)12-9-5-2-6-10-12;6-10(7,8)5-1-3-9-4-2-5/h1-10,13H,14H2;1-4H2,(H,6,7,8). The Bertz CT molecular complexity index is 662. The van der Waals surface area contributed by atoms with E-state index in [4.69, 9.17) is 15.0 Å². The predicted octanol–water partition coefficient (Wildman–Crippen LogP) is 1.86. The van der Waals surface area contributed by atoms with Crippen LogP contribution in [0.3, 0.4) is 0 Å². The van der Waals surface area contributed by atoms with Gasteiger partial charge in [0.05, 0.1) is 19.3 Å². The first-order chi connectivity index (χ1) is 11.5. The minimum atomic E-state index is -3.97. The lowest BCUT2D eigenvalue weighted by molar-refractivity contribution is 0.0693. The Labute approximate surface area is 142 Å². The van der Waals surface area contributed by atoms with Gasteiger partial charge in [0.2, 0.25) is 0 Å². The van der Waals surface area contributed by atoms with Crippen molar-refractivity contribution in [2.45, 2.75) is 6.04 Å². The second-order valence-corrected chi connectivity index (χ2v) is 6.70. The zero-order chi connectivity index (χ0) is 17.4. The lowest BCUT2D eigenvalue weighted by Crippen LogP contribution is -2.40. The van der Waals surface area contributed by atoms with Crippen molar-refractivity contribution in [2.75, 3.05) is 26.3 Å². The maximum Gasteiger partial charge on any atom is 0.336 e. The molecule has 3 rings (SSSR count). The molecule has 1 aliphatic rings. The van der Waals surface area contributed by atoms with Gasteiger partial charge in [0.1, 0.15) is 0 Å². The van der Waals surface area contributed by atoms with Gasteiger partial charge in [-0.1, -0.05) is 60.7 Å². The molecule has 1 heterocycles. The molecule has 0 aliphatic carbocycles. The summed E-state index contributed by atoms with van der Waals surface area (Å²) in [5.74, 6) is 0. The third kappa shape index (κ3) is 5.70. The van der Waals surface area contributed by atoms with Crippen molar-refractivity contribution in [3.63, 3.8) is 0 Å². The van der Waals surface area contributed by atoms with Crippen LogP contribution in [0.5, 0.6) is 0 Å². The number of hydrogen-bond donors (Lipinski definition) is 2. The highest BCUT2D eigenvalue weighted by Crippen LogP contribution is 2.18. The van der Waals surface area contributed by atoms with Crippen molar-refractivity contribution in [1.29, 1.82) is 0 Å². The van der Waals surface area contributed by atoms with Crippen LogP contribution in [0.25, 0.3) is 0 Å². The molecule has 1 aliphatic heterocycles. The molecule has 1 fully saturated rings. The average molecular weight is 350 g/mol. The topological polar surface area (TPSA) is 92.9 Å². The summed E-state index contributed by atoms with van der Waals surface area (Å²) in [5.41, 5.74) is 8.42. The van der Waals surface area contributed by atoms with Gasteiger partial charge < -0.3 is 10.5 Å². The first-order valence-electron chi connectivity index (χ1n) is 7.64. The zero-order valence-corrected chi connectivity index (χ0v) is 14.1. The number of morpholine rings is 1. The Morgan fingerprint density at radius 2 is 1.33 bits per heavy atom. The third-order valence-corrected chi connectivity index (χ3v) is 4.63. The summed E-state index contributed by atoms with van der Waals surface area (Å²) >= 11 is 0. The van der Waals surface area contributed by atoms with Crippen molar-refractivity contribution in [3.8, 4) is 0 Å². The molecule has 0 atom stereocenters. The molecule has 130 valence electrons. The van der Waals surface area contributed by atoms with Crippen LogP contribution in [-0.4, -0.2) is 43.6 Å². The maximum atomic E-state index is 10.4. The number of hydrogen-bond acceptors (Lipinski definition) is 4. The van der Waals surface area contributed by atoms with E-state index in [1.54, 1.807) is 0 Å². The van der Waals surface area contributed by atoms with E-state index in [0.717, 1.165) is 15.4 Å². The predicted molar refractivity (Wildman–Crippen MR) is 92.9 cm³/mol. The van der Waals surface area contributed by atoms with Crippen LogP contribution < -0.4 is 5.73 Å². The van der Waals surface area contributed by atoms with Crippen molar-refractivity contribution >= 4 is 10.3 Å². The van der Waals surface area contributed by atoms with Crippen molar-refractivity contribution in [3.05, 3.63) is 71.8 Å². The lowest BCUT2D eigenvalue weighted by atomic mass is 10.00. The molecule has 2 aromatic carbocycles. The van der Waals surface area contributed by atoms with Gasteiger partial charge in [-0.3, -0.25) is 4.55 Å². The second-order valence-electron chi connectivity index (χ2n) is 5.29. The molecular formula is C17H22N2O4S. The first-order valence-corrected chi connectivity index (χ1v) is 9.04. The molecule has 2 aromatic rings. The summed E-state index contributed by atoms with van der Waals surface area (Å²) in [6.07, 6.45) is 0. The Morgan fingerprint density at radius 1 is 0.917 bits per heavy atom. The normalized spacial score (nSPS) is 15.6. The summed E-state index contributed by atoms with van der Waals surface area (Å²) in [4.78, 5) is 0. The number of nitrogens with two attached hydrogens (primary N) is 1. The van der Waals surface area contributed by atoms with E-state index in [1.165, 1.54) is 0 Å². The van der Waals surface area contributed by atoms with Crippen LogP contribution in [0.4, 0.5) is 0 Å². The van der Waals surface area contributed by atoms with Gasteiger partial charge in [-0.2, -0.15) is 12.7 Å². The summed E-state index contributed by atoms with van der Waals surface area (Å²) < 4.78 is 35.2. The summed E-state index contributed by atoms with van der Waals surface area (Å²) in [6.45, 7) is 1.22. The van der Waals surface area contributed by atoms with Crippen LogP contribution in [0, 0.1) is 0 Å². The van der Waals surface area contributed by atoms with Crippen LogP contribution in [0.1, 0.15) is 17.2 Å². The maximum absolute atomic E-state index is 10.4. The van der Waals surface area contributed by atoms with Gasteiger partial charge >= 0.3 is 10.3 Å². The highest BCUT2D eigenvalue weighted by Gasteiger charge is 2.20. The van der Waals surface area contributed by atoms with E-state index in [1.807, 2.05) is 36.4 Å². The van der Waals surface area contributed by atoms with E-state index in [0.29, 0.717) is 13.2 Å². The van der Waals surface area contributed by atoms with Gasteiger partial charge in [-0.15, -0.1) is 0 Å². The zero-order valence-electron chi connectivity index (χ0n) is 13.3. The molecule has 6 nitrogen and oxygen atoms in total. The molecule has 0 unspecified atom stereocenters. The van der Waals surface area contributed by atoms with Gasteiger partial charge in [0, 0.05) is 13.1 Å². The fourth-order valence-electron chi connectivity index (χ4n) is 2.29. The highest BCUT2D eigenvalue weighted by atomic mass is 32.2. The second kappa shape index (κ2) is 8.91. The molecule has 24 heavy (non-hydrogen) atoms. The van der Waals surface area contributed by atoms with E-state index < -0.39 is 10.3 Å². The van der Waals surface area contributed by atoms with E-state index in [-0.39, 0.29) is 19.1 Å². The van der Waals surface area contributed by atoms with Gasteiger partial charge in [0.25, 0.3) is 0 Å². The smallest absolute Gasteiger partial charge is 0.336 e. The molecule has 3 N–H and O–H groups in total. The molecule has 0 amide bonds. The van der Waals surface area contributed by atoms with E-state index >= 15 is 0 Å². The third-order valence-electron chi connectivity index (χ3n) is 3.61. The van der Waals surface area contributed by atoms with Crippen molar-refractivity contribution in [2.24, 2.45) is 5.73 Å². The van der Waals surface area contributed by atoms with Crippen LogP contribution in [-0.2, 0) is 15.0 Å². The molecular weight excluding hydrogens is 328 g/mol. The van der Waals surface area contributed by atoms with Crippen LogP contribution in [0.2, 0.25) is 0 Å². The first kappa shape index (κ1) is 18.6. The minimum Gasteiger partial charge on any atom is -0.379 e. The average Bonchev–Trinajstić information content (AvgIpc) is 2.63. The Balaban J connectivity index is 0.000000185. The molecule has 1 saturated heterocycles. The van der Waals surface area contributed by atoms with Gasteiger partial charge in [0.15, 0.2) is 0 Å². The van der Waals surface area contributed by atoms with Crippen LogP contribution in [0.15, 0.2) is 60.7 Å². The van der Waals surface area contributed by atoms with Crippen LogP contribution >= 0.6 is 0 Å². The Kier molecular flexibility index (Phi) is 6.89. The lowest BCUT2D eigenvalue weighted by Gasteiger charge is -2.22. The summed E-state index contributed by atoms with van der Waals surface area (Å²) in [7, 11) is -3.97. The fraction of sp³-hybridized carbons (Fsp3) is 0.294. The number of ether oxygens (including phenoxy) is 1. The molecule has 0 radical (unpaired) electrons. The summed E-state index contributed by atoms with van der Waals surface area (Å²) in [6, 6.07) is 20.2. The summed E-state index contributed by atoms with van der Waals surface area (Å²) in [5, 5.41) is 0. The molecule has 0 bridgehead atoms. The largest absolute Gasteiger partial charge is 0.379 e. The van der Waals surface area contributed by atoms with Gasteiger partial charge in [-0.05, 0) is 11.1 Å². The van der Waals surface area contributed by atoms with E-state index in [2.05, 4.69) is 24.3 Å². The quantitative estimate of drug-likeness (QED) is 0.824. The monoisotopic (exact) mass is 350 g/mol. The van der Waals surface area contributed by atoms with Crippen molar-refractivity contribution in [1.82, 2.24) is 4.31 Å². The minimum absolute atomic E-state index is 0.0163. The number of benzene rings is 2. The number of rotatable bonds is 3. The van der Waals surface area contributed by atoms with E-state index in [9.17, 15) is 8.42 Å². The molecule has 7 heteroatoms. The fourth-order valence-corrected chi connectivity index (χ4v) is 2.90. The molecule has 0 saturated carbocycles. The number of nitrogens with zero attached hydrogens (tertiary/aromatic N) is 1. The highest BCUT2D eigenvalue weighted by molar-refractivity contribution is 7.83. The molecule has 0 spiro atoms.